The molecule has 1 unspecified atom stereocenters. The molecule has 1 atom stereocenters. The van der Waals surface area contributed by atoms with Crippen LogP contribution in [0.5, 0.6) is 0 Å². The summed E-state index contributed by atoms with van der Waals surface area (Å²) in [4.78, 5) is 0. The van der Waals surface area contributed by atoms with Gasteiger partial charge in [-0.15, -0.1) is 0 Å². The van der Waals surface area contributed by atoms with Crippen LogP contribution in [0.4, 0.5) is 0 Å². The molecular weight excluding hydrogens is 172 g/mol. The van der Waals surface area contributed by atoms with Crippen molar-refractivity contribution in [1.29, 1.82) is 0 Å². The van der Waals surface area contributed by atoms with Gasteiger partial charge in [0.1, 0.15) is 0 Å². The first-order chi connectivity index (χ1) is 6.68. The van der Waals surface area contributed by atoms with Gasteiger partial charge in [0.25, 0.3) is 0 Å². The van der Waals surface area contributed by atoms with Gasteiger partial charge in [0.15, 0.2) is 0 Å². The molecule has 1 nitrogen and oxygen atoms in total. The summed E-state index contributed by atoms with van der Waals surface area (Å²) < 4.78 is 5.97. The third-order valence-corrected chi connectivity index (χ3v) is 2.98. The van der Waals surface area contributed by atoms with E-state index in [-0.39, 0.29) is 5.60 Å². The quantitative estimate of drug-likeness (QED) is 0.496. The predicted octanol–water partition coefficient (Wildman–Crippen LogP) is 4.55. The van der Waals surface area contributed by atoms with Crippen LogP contribution in [0.1, 0.15) is 72.6 Å². The molecule has 0 fully saturated rings. The maximum Gasteiger partial charge on any atom is 0.0651 e. The second kappa shape index (κ2) is 8.28. The highest BCUT2D eigenvalue weighted by atomic mass is 16.5. The van der Waals surface area contributed by atoms with Crippen molar-refractivity contribution in [2.24, 2.45) is 0 Å². The molecule has 0 amide bonds. The fraction of sp³-hybridized carbons (Fsp3) is 1.00. The molecule has 0 aliphatic heterocycles. The minimum Gasteiger partial charge on any atom is -0.375 e. The van der Waals surface area contributed by atoms with E-state index in [2.05, 4.69) is 27.7 Å². The molecule has 0 rings (SSSR count). The van der Waals surface area contributed by atoms with Gasteiger partial charge in [-0.05, 0) is 26.2 Å². The zero-order valence-corrected chi connectivity index (χ0v) is 10.6. The van der Waals surface area contributed by atoms with Crippen molar-refractivity contribution in [2.45, 2.75) is 78.2 Å². The molecule has 0 aromatic heterocycles. The molecule has 0 saturated heterocycles. The van der Waals surface area contributed by atoms with Crippen LogP contribution in [-0.2, 0) is 4.74 Å². The third kappa shape index (κ3) is 6.42. The monoisotopic (exact) mass is 200 g/mol. The SMILES string of the molecule is CCCCCCOC(C)(CC)CCC. The lowest BCUT2D eigenvalue weighted by molar-refractivity contribution is -0.0422. The minimum atomic E-state index is 0.140. The van der Waals surface area contributed by atoms with Crippen molar-refractivity contribution < 1.29 is 4.74 Å². The average molecular weight is 200 g/mol. The van der Waals surface area contributed by atoms with E-state index in [0.717, 1.165) is 13.0 Å². The van der Waals surface area contributed by atoms with Crippen LogP contribution < -0.4 is 0 Å². The molecule has 0 heterocycles. The minimum absolute atomic E-state index is 0.140. The summed E-state index contributed by atoms with van der Waals surface area (Å²) in [5.74, 6) is 0. The molecule has 0 aliphatic rings. The summed E-state index contributed by atoms with van der Waals surface area (Å²) in [6.45, 7) is 9.89. The Balaban J connectivity index is 3.51. The Hall–Kier alpha value is -0.0400. The molecule has 0 bridgehead atoms. The lowest BCUT2D eigenvalue weighted by Gasteiger charge is -2.28. The van der Waals surface area contributed by atoms with Gasteiger partial charge in [-0.2, -0.15) is 0 Å². The van der Waals surface area contributed by atoms with E-state index in [1.165, 1.54) is 38.5 Å². The summed E-state index contributed by atoms with van der Waals surface area (Å²) in [5.41, 5.74) is 0.140. The molecule has 0 radical (unpaired) electrons. The van der Waals surface area contributed by atoms with Crippen molar-refractivity contribution in [3.8, 4) is 0 Å². The molecular formula is C13H28O. The second-order valence-electron chi connectivity index (χ2n) is 4.46. The number of hydrogen-bond acceptors (Lipinski definition) is 1. The van der Waals surface area contributed by atoms with Gasteiger partial charge < -0.3 is 4.74 Å². The Kier molecular flexibility index (Phi) is 8.26. The molecule has 14 heavy (non-hydrogen) atoms. The molecule has 0 aliphatic carbocycles. The highest BCUT2D eigenvalue weighted by molar-refractivity contribution is 4.72. The maximum absolute atomic E-state index is 5.97. The standard InChI is InChI=1S/C13H28O/c1-5-8-9-10-12-14-13(4,7-3)11-6-2/h5-12H2,1-4H3. The third-order valence-electron chi connectivity index (χ3n) is 2.98. The predicted molar refractivity (Wildman–Crippen MR) is 63.7 cm³/mol. The molecule has 0 aromatic carbocycles. The maximum atomic E-state index is 5.97. The summed E-state index contributed by atoms with van der Waals surface area (Å²) in [6, 6.07) is 0. The molecule has 86 valence electrons. The number of rotatable bonds is 9. The van der Waals surface area contributed by atoms with Crippen molar-refractivity contribution in [1.82, 2.24) is 0 Å². The summed E-state index contributed by atoms with van der Waals surface area (Å²) in [5, 5.41) is 0. The van der Waals surface area contributed by atoms with E-state index in [1.807, 2.05) is 0 Å². The lowest BCUT2D eigenvalue weighted by atomic mass is 9.97. The van der Waals surface area contributed by atoms with Crippen LogP contribution >= 0.6 is 0 Å². The van der Waals surface area contributed by atoms with Gasteiger partial charge >= 0.3 is 0 Å². The van der Waals surface area contributed by atoms with Crippen LogP contribution in [-0.4, -0.2) is 12.2 Å². The van der Waals surface area contributed by atoms with Crippen LogP contribution in [0.15, 0.2) is 0 Å². The first-order valence-corrected chi connectivity index (χ1v) is 6.32. The first-order valence-electron chi connectivity index (χ1n) is 6.32. The topological polar surface area (TPSA) is 9.23 Å². The van der Waals surface area contributed by atoms with Crippen LogP contribution in [0.3, 0.4) is 0 Å². The van der Waals surface area contributed by atoms with Crippen LogP contribution in [0.25, 0.3) is 0 Å². The van der Waals surface area contributed by atoms with Gasteiger partial charge in [0, 0.05) is 6.61 Å². The van der Waals surface area contributed by atoms with Crippen LogP contribution in [0, 0.1) is 0 Å². The molecule has 0 saturated carbocycles. The van der Waals surface area contributed by atoms with Crippen molar-refractivity contribution in [2.75, 3.05) is 6.61 Å². The van der Waals surface area contributed by atoms with E-state index in [4.69, 9.17) is 4.74 Å². The van der Waals surface area contributed by atoms with Gasteiger partial charge in [0.2, 0.25) is 0 Å². The highest BCUT2D eigenvalue weighted by Gasteiger charge is 2.20. The molecule has 0 N–H and O–H groups in total. The Morgan fingerprint density at radius 1 is 0.929 bits per heavy atom. The lowest BCUT2D eigenvalue weighted by Crippen LogP contribution is -2.28. The smallest absolute Gasteiger partial charge is 0.0651 e. The van der Waals surface area contributed by atoms with Crippen molar-refractivity contribution >= 4 is 0 Å². The summed E-state index contributed by atoms with van der Waals surface area (Å²) in [7, 11) is 0. The summed E-state index contributed by atoms with van der Waals surface area (Å²) in [6.07, 6.45) is 8.75. The van der Waals surface area contributed by atoms with Gasteiger partial charge in [-0.25, -0.2) is 0 Å². The molecule has 1 heteroatoms. The fourth-order valence-electron chi connectivity index (χ4n) is 1.73. The average Bonchev–Trinajstić information content (AvgIpc) is 2.18. The Bertz CT molecular complexity index is 122. The van der Waals surface area contributed by atoms with E-state index < -0.39 is 0 Å². The number of unbranched alkanes of at least 4 members (excludes halogenated alkanes) is 3. The largest absolute Gasteiger partial charge is 0.375 e. The van der Waals surface area contributed by atoms with Crippen LogP contribution in [0.2, 0.25) is 0 Å². The number of hydrogen-bond donors (Lipinski definition) is 0. The van der Waals surface area contributed by atoms with Crippen molar-refractivity contribution in [3.63, 3.8) is 0 Å². The highest BCUT2D eigenvalue weighted by Crippen LogP contribution is 2.21. The zero-order valence-electron chi connectivity index (χ0n) is 10.6. The van der Waals surface area contributed by atoms with E-state index >= 15 is 0 Å². The normalized spacial score (nSPS) is 15.4. The van der Waals surface area contributed by atoms with E-state index in [1.54, 1.807) is 0 Å². The van der Waals surface area contributed by atoms with E-state index in [0.29, 0.717) is 0 Å². The number of ether oxygens (including phenoxy) is 1. The Morgan fingerprint density at radius 3 is 2.14 bits per heavy atom. The fourth-order valence-corrected chi connectivity index (χ4v) is 1.73. The second-order valence-corrected chi connectivity index (χ2v) is 4.46. The molecule has 0 aromatic rings. The zero-order chi connectivity index (χ0) is 10.9. The summed E-state index contributed by atoms with van der Waals surface area (Å²) >= 11 is 0. The Labute approximate surface area is 90.2 Å². The first kappa shape index (κ1) is 14.0. The Morgan fingerprint density at radius 2 is 1.64 bits per heavy atom. The van der Waals surface area contributed by atoms with Gasteiger partial charge in [0.05, 0.1) is 5.60 Å². The van der Waals surface area contributed by atoms with E-state index in [9.17, 15) is 0 Å². The van der Waals surface area contributed by atoms with Gasteiger partial charge in [-0.3, -0.25) is 0 Å². The van der Waals surface area contributed by atoms with Gasteiger partial charge in [-0.1, -0.05) is 46.5 Å². The molecule has 0 spiro atoms. The van der Waals surface area contributed by atoms with Crippen molar-refractivity contribution in [3.05, 3.63) is 0 Å².